The van der Waals surface area contributed by atoms with E-state index in [1.165, 1.54) is 96.3 Å². The number of carbonyl (C=O) groups excluding carboxylic acids is 2. The monoisotopic (exact) mass is 486 g/mol. The Balaban J connectivity index is 3.56. The number of hydrogen-bond donors (Lipinski definition) is 1. The van der Waals surface area contributed by atoms with Gasteiger partial charge in [0, 0.05) is 18.6 Å². The van der Waals surface area contributed by atoms with Crippen molar-refractivity contribution in [3.05, 3.63) is 0 Å². The summed E-state index contributed by atoms with van der Waals surface area (Å²) >= 11 is 4.24. The van der Waals surface area contributed by atoms with Gasteiger partial charge in [-0.2, -0.15) is 12.6 Å². The Morgan fingerprint density at radius 2 is 0.939 bits per heavy atom. The molecule has 0 spiro atoms. The molecule has 0 aliphatic carbocycles. The Bertz CT molecular complexity index is 442. The van der Waals surface area contributed by atoms with Crippen LogP contribution in [0.15, 0.2) is 0 Å². The van der Waals surface area contributed by atoms with Crippen molar-refractivity contribution in [3.63, 3.8) is 0 Å². The fourth-order valence-corrected chi connectivity index (χ4v) is 4.14. The van der Waals surface area contributed by atoms with Crippen LogP contribution in [-0.2, 0) is 19.1 Å². The third-order valence-corrected chi connectivity index (χ3v) is 6.56. The third-order valence-electron chi connectivity index (χ3n) is 6.15. The summed E-state index contributed by atoms with van der Waals surface area (Å²) in [6.07, 6.45) is 24.0. The van der Waals surface area contributed by atoms with Gasteiger partial charge in [0.1, 0.15) is 12.7 Å². The molecule has 0 amide bonds. The van der Waals surface area contributed by atoms with Crippen molar-refractivity contribution in [2.45, 2.75) is 155 Å². The van der Waals surface area contributed by atoms with Crippen molar-refractivity contribution in [1.82, 2.24) is 0 Å². The summed E-state index contributed by atoms with van der Waals surface area (Å²) < 4.78 is 10.7. The Labute approximate surface area is 210 Å². The van der Waals surface area contributed by atoms with Crippen LogP contribution in [-0.4, -0.2) is 30.4 Å². The zero-order valence-corrected chi connectivity index (χ0v) is 22.8. The molecule has 1 atom stereocenters. The molecule has 0 aromatic carbocycles. The van der Waals surface area contributed by atoms with E-state index in [-0.39, 0.29) is 18.5 Å². The van der Waals surface area contributed by atoms with Crippen LogP contribution in [0.5, 0.6) is 0 Å². The number of unbranched alkanes of at least 4 members (excludes halogenated alkanes) is 17. The highest BCUT2D eigenvalue weighted by molar-refractivity contribution is 7.80. The molecule has 0 radical (unpaired) electrons. The maximum absolute atomic E-state index is 12.1. The first-order valence-corrected chi connectivity index (χ1v) is 14.7. The smallest absolute Gasteiger partial charge is 0.306 e. The SMILES string of the molecule is CCCCCCCCCCCCCCCC(=O)O[C@@H](CS)COC(=O)CCCCCCCC. The van der Waals surface area contributed by atoms with E-state index in [9.17, 15) is 9.59 Å². The molecule has 196 valence electrons. The average molecular weight is 487 g/mol. The molecule has 0 aliphatic heterocycles. The second-order valence-electron chi connectivity index (χ2n) is 9.49. The van der Waals surface area contributed by atoms with Crippen LogP contribution in [0.25, 0.3) is 0 Å². The lowest BCUT2D eigenvalue weighted by atomic mass is 10.0. The van der Waals surface area contributed by atoms with Crippen LogP contribution >= 0.6 is 12.6 Å². The number of ether oxygens (including phenoxy) is 2. The Hall–Kier alpha value is -0.710. The van der Waals surface area contributed by atoms with Gasteiger partial charge in [0.25, 0.3) is 0 Å². The molecule has 0 N–H and O–H groups in total. The van der Waals surface area contributed by atoms with Gasteiger partial charge in [-0.05, 0) is 12.8 Å². The lowest BCUT2D eigenvalue weighted by molar-refractivity contribution is -0.157. The van der Waals surface area contributed by atoms with Crippen molar-refractivity contribution >= 4 is 24.6 Å². The lowest BCUT2D eigenvalue weighted by Gasteiger charge is -2.16. The summed E-state index contributed by atoms with van der Waals surface area (Å²) in [5.74, 6) is -0.0387. The molecular weight excluding hydrogens is 432 g/mol. The molecule has 0 fully saturated rings. The van der Waals surface area contributed by atoms with Gasteiger partial charge in [0.05, 0.1) is 0 Å². The van der Waals surface area contributed by atoms with Crippen LogP contribution in [0.2, 0.25) is 0 Å². The van der Waals surface area contributed by atoms with Crippen molar-refractivity contribution in [2.24, 2.45) is 0 Å². The standard InChI is InChI=1S/C28H54O4S/c1-3-5-7-9-11-12-13-14-15-16-17-19-21-23-28(30)32-26(25-33)24-31-27(29)22-20-18-10-8-6-4-2/h26,33H,3-25H2,1-2H3/t26-/m1/s1. The summed E-state index contributed by atoms with van der Waals surface area (Å²) in [6, 6.07) is 0. The van der Waals surface area contributed by atoms with Gasteiger partial charge < -0.3 is 9.47 Å². The normalized spacial score (nSPS) is 12.0. The highest BCUT2D eigenvalue weighted by atomic mass is 32.1. The van der Waals surface area contributed by atoms with Gasteiger partial charge in [-0.15, -0.1) is 0 Å². The first kappa shape index (κ1) is 32.3. The molecule has 0 aromatic heterocycles. The van der Waals surface area contributed by atoms with E-state index in [4.69, 9.17) is 9.47 Å². The fraction of sp³-hybridized carbons (Fsp3) is 0.929. The number of esters is 2. The van der Waals surface area contributed by atoms with Gasteiger partial charge in [0.15, 0.2) is 0 Å². The molecule has 33 heavy (non-hydrogen) atoms. The van der Waals surface area contributed by atoms with Crippen molar-refractivity contribution < 1.29 is 19.1 Å². The van der Waals surface area contributed by atoms with E-state index in [1.54, 1.807) is 0 Å². The van der Waals surface area contributed by atoms with Gasteiger partial charge >= 0.3 is 11.9 Å². The van der Waals surface area contributed by atoms with Gasteiger partial charge in [-0.1, -0.05) is 123 Å². The average Bonchev–Trinajstić information content (AvgIpc) is 2.81. The molecule has 5 heteroatoms. The second kappa shape index (κ2) is 25.9. The summed E-state index contributed by atoms with van der Waals surface area (Å²) in [6.45, 7) is 4.57. The highest BCUT2D eigenvalue weighted by Gasteiger charge is 2.15. The number of hydrogen-bond acceptors (Lipinski definition) is 5. The largest absolute Gasteiger partial charge is 0.462 e. The van der Waals surface area contributed by atoms with Crippen LogP contribution < -0.4 is 0 Å². The topological polar surface area (TPSA) is 52.6 Å². The van der Waals surface area contributed by atoms with E-state index in [0.29, 0.717) is 18.6 Å². The van der Waals surface area contributed by atoms with Gasteiger partial charge in [-0.25, -0.2) is 0 Å². The minimum absolute atomic E-state index is 0.114. The zero-order valence-electron chi connectivity index (χ0n) is 21.9. The summed E-state index contributed by atoms with van der Waals surface area (Å²) in [4.78, 5) is 23.9. The predicted octanol–water partition coefficient (Wildman–Crippen LogP) is 8.60. The summed E-state index contributed by atoms with van der Waals surface area (Å²) in [5, 5.41) is 0. The Kier molecular flexibility index (Phi) is 25.3. The maximum atomic E-state index is 12.1. The Morgan fingerprint density at radius 3 is 1.33 bits per heavy atom. The quantitative estimate of drug-likeness (QED) is 0.0797. The maximum Gasteiger partial charge on any atom is 0.306 e. The van der Waals surface area contributed by atoms with Crippen LogP contribution in [0.3, 0.4) is 0 Å². The zero-order chi connectivity index (χ0) is 24.4. The van der Waals surface area contributed by atoms with Crippen LogP contribution in [0, 0.1) is 0 Å². The van der Waals surface area contributed by atoms with E-state index < -0.39 is 6.10 Å². The molecule has 0 bridgehead atoms. The first-order valence-electron chi connectivity index (χ1n) is 14.1. The first-order chi connectivity index (χ1) is 16.1. The molecule has 0 saturated heterocycles. The third kappa shape index (κ3) is 24.2. The van der Waals surface area contributed by atoms with E-state index in [2.05, 4.69) is 26.5 Å². The van der Waals surface area contributed by atoms with Crippen molar-refractivity contribution in [3.8, 4) is 0 Å². The predicted molar refractivity (Wildman–Crippen MR) is 143 cm³/mol. The molecule has 0 unspecified atom stereocenters. The van der Waals surface area contributed by atoms with Gasteiger partial charge in [-0.3, -0.25) is 9.59 Å². The minimum Gasteiger partial charge on any atom is -0.462 e. The number of rotatable bonds is 25. The lowest BCUT2D eigenvalue weighted by Crippen LogP contribution is -2.26. The van der Waals surface area contributed by atoms with Crippen LogP contribution in [0.4, 0.5) is 0 Å². The fourth-order valence-electron chi connectivity index (χ4n) is 3.96. The molecular formula is C28H54O4S. The summed E-state index contributed by atoms with van der Waals surface area (Å²) in [7, 11) is 0. The number of carbonyl (C=O) groups is 2. The number of thiol groups is 1. The van der Waals surface area contributed by atoms with Gasteiger partial charge in [0.2, 0.25) is 0 Å². The molecule has 0 saturated carbocycles. The molecule has 4 nitrogen and oxygen atoms in total. The second-order valence-corrected chi connectivity index (χ2v) is 9.85. The van der Waals surface area contributed by atoms with E-state index in [1.807, 2.05) is 0 Å². The highest BCUT2D eigenvalue weighted by Crippen LogP contribution is 2.13. The van der Waals surface area contributed by atoms with E-state index >= 15 is 0 Å². The molecule has 0 rings (SSSR count). The van der Waals surface area contributed by atoms with Crippen molar-refractivity contribution in [1.29, 1.82) is 0 Å². The van der Waals surface area contributed by atoms with Crippen LogP contribution in [0.1, 0.15) is 149 Å². The minimum atomic E-state index is -0.448. The molecule has 0 aliphatic rings. The molecule has 0 heterocycles. The van der Waals surface area contributed by atoms with Crippen molar-refractivity contribution in [2.75, 3.05) is 12.4 Å². The van der Waals surface area contributed by atoms with E-state index in [0.717, 1.165) is 25.7 Å². The molecule has 0 aromatic rings. The summed E-state index contributed by atoms with van der Waals surface area (Å²) in [5.41, 5.74) is 0. The Morgan fingerprint density at radius 1 is 0.576 bits per heavy atom.